The van der Waals surface area contributed by atoms with Crippen molar-refractivity contribution >= 4 is 5.57 Å². The second-order valence-electron chi connectivity index (χ2n) is 2.37. The van der Waals surface area contributed by atoms with Crippen molar-refractivity contribution in [2.24, 2.45) is 0 Å². The molecule has 0 fully saturated rings. The van der Waals surface area contributed by atoms with Crippen LogP contribution in [0.5, 0.6) is 0 Å². The third-order valence-corrected chi connectivity index (χ3v) is 1.27. The predicted octanol–water partition coefficient (Wildman–Crippen LogP) is 1.82. The van der Waals surface area contributed by atoms with E-state index in [9.17, 15) is 0 Å². The van der Waals surface area contributed by atoms with Crippen molar-refractivity contribution in [3.63, 3.8) is 0 Å². The maximum absolute atomic E-state index is 3.83. The summed E-state index contributed by atoms with van der Waals surface area (Å²) in [5.74, 6) is 0. The van der Waals surface area contributed by atoms with E-state index in [1.54, 1.807) is 6.20 Å². The van der Waals surface area contributed by atoms with Gasteiger partial charge in [-0.15, -0.1) is 0 Å². The third kappa shape index (κ3) is 1.41. The van der Waals surface area contributed by atoms with E-state index >= 15 is 0 Å². The first-order valence-electron chi connectivity index (χ1n) is 3.15. The van der Waals surface area contributed by atoms with Crippen LogP contribution in [-0.2, 0) is 0 Å². The van der Waals surface area contributed by atoms with Crippen LogP contribution >= 0.6 is 0 Å². The molecule has 0 aromatic carbocycles. The minimum absolute atomic E-state index is 0.931. The normalized spacial score (nSPS) is 9.40. The molecule has 0 atom stereocenters. The fourth-order valence-corrected chi connectivity index (χ4v) is 0.707. The molecular weight excluding hydrogens is 124 g/mol. The average molecular weight is 134 g/mol. The largest absolute Gasteiger partial charge is 0.158 e. The highest BCUT2D eigenvalue weighted by Crippen LogP contribution is 2.08. The SMILES string of the molecule is C=C(C)c1cnnc(C)c1. The number of aryl methyl sites for hydroxylation is 1. The molecule has 0 spiro atoms. The maximum atomic E-state index is 3.83. The van der Waals surface area contributed by atoms with Gasteiger partial charge in [-0.05, 0) is 31.1 Å². The quantitative estimate of drug-likeness (QED) is 0.585. The van der Waals surface area contributed by atoms with Crippen LogP contribution in [0.25, 0.3) is 5.57 Å². The number of nitrogens with zero attached hydrogens (tertiary/aromatic N) is 2. The zero-order chi connectivity index (χ0) is 7.56. The van der Waals surface area contributed by atoms with Crippen molar-refractivity contribution in [3.05, 3.63) is 30.1 Å². The van der Waals surface area contributed by atoms with Crippen molar-refractivity contribution in [3.8, 4) is 0 Å². The lowest BCUT2D eigenvalue weighted by molar-refractivity contribution is 0.975. The Morgan fingerprint density at radius 3 is 2.70 bits per heavy atom. The standard InChI is InChI=1S/C8H10N2/c1-6(2)8-4-7(3)10-9-5-8/h4-5H,1H2,2-3H3. The summed E-state index contributed by atoms with van der Waals surface area (Å²) in [4.78, 5) is 0. The summed E-state index contributed by atoms with van der Waals surface area (Å²) in [6.45, 7) is 7.67. The molecule has 0 radical (unpaired) electrons. The van der Waals surface area contributed by atoms with Crippen molar-refractivity contribution in [2.45, 2.75) is 13.8 Å². The highest BCUT2D eigenvalue weighted by Gasteiger charge is 1.92. The summed E-state index contributed by atoms with van der Waals surface area (Å²) in [7, 11) is 0. The highest BCUT2D eigenvalue weighted by atomic mass is 15.1. The van der Waals surface area contributed by atoms with Gasteiger partial charge in [0.2, 0.25) is 0 Å². The molecule has 0 bridgehead atoms. The fourth-order valence-electron chi connectivity index (χ4n) is 0.707. The monoisotopic (exact) mass is 134 g/mol. The van der Waals surface area contributed by atoms with Gasteiger partial charge in [-0.1, -0.05) is 6.58 Å². The molecule has 0 amide bonds. The molecule has 2 nitrogen and oxygen atoms in total. The van der Waals surface area contributed by atoms with Gasteiger partial charge in [-0.3, -0.25) is 0 Å². The van der Waals surface area contributed by atoms with E-state index in [1.807, 2.05) is 19.9 Å². The Morgan fingerprint density at radius 1 is 1.60 bits per heavy atom. The van der Waals surface area contributed by atoms with E-state index in [1.165, 1.54) is 0 Å². The molecule has 1 aromatic heterocycles. The van der Waals surface area contributed by atoms with Crippen LogP contribution in [-0.4, -0.2) is 10.2 Å². The van der Waals surface area contributed by atoms with Crippen LogP contribution < -0.4 is 0 Å². The van der Waals surface area contributed by atoms with Gasteiger partial charge in [-0.2, -0.15) is 10.2 Å². The van der Waals surface area contributed by atoms with E-state index in [0.717, 1.165) is 16.8 Å². The summed E-state index contributed by atoms with van der Waals surface area (Å²) in [5, 5.41) is 7.63. The number of hydrogen-bond acceptors (Lipinski definition) is 2. The van der Waals surface area contributed by atoms with Gasteiger partial charge in [0.05, 0.1) is 11.9 Å². The van der Waals surface area contributed by atoms with Gasteiger partial charge in [0.15, 0.2) is 0 Å². The zero-order valence-corrected chi connectivity index (χ0v) is 6.26. The summed E-state index contributed by atoms with van der Waals surface area (Å²) in [6.07, 6.45) is 1.72. The maximum Gasteiger partial charge on any atom is 0.0606 e. The fraction of sp³-hybridized carbons (Fsp3) is 0.250. The van der Waals surface area contributed by atoms with Gasteiger partial charge in [0, 0.05) is 0 Å². The van der Waals surface area contributed by atoms with E-state index in [2.05, 4.69) is 16.8 Å². The first-order chi connectivity index (χ1) is 4.70. The van der Waals surface area contributed by atoms with Crippen LogP contribution in [0.3, 0.4) is 0 Å². The minimum atomic E-state index is 0.931. The van der Waals surface area contributed by atoms with Crippen LogP contribution in [0.15, 0.2) is 18.8 Å². The Morgan fingerprint density at radius 2 is 2.30 bits per heavy atom. The van der Waals surface area contributed by atoms with Crippen molar-refractivity contribution in [2.75, 3.05) is 0 Å². The van der Waals surface area contributed by atoms with Crippen LogP contribution in [0, 0.1) is 6.92 Å². The Labute approximate surface area is 60.6 Å². The van der Waals surface area contributed by atoms with Crippen molar-refractivity contribution in [1.82, 2.24) is 10.2 Å². The van der Waals surface area contributed by atoms with Gasteiger partial charge >= 0.3 is 0 Å². The van der Waals surface area contributed by atoms with Gasteiger partial charge in [0.25, 0.3) is 0 Å². The second kappa shape index (κ2) is 2.60. The smallest absolute Gasteiger partial charge is 0.0606 e. The highest BCUT2D eigenvalue weighted by molar-refractivity contribution is 5.60. The number of rotatable bonds is 1. The molecule has 0 N–H and O–H groups in total. The zero-order valence-electron chi connectivity index (χ0n) is 6.26. The number of hydrogen-bond donors (Lipinski definition) is 0. The molecule has 0 aliphatic carbocycles. The molecule has 2 heteroatoms. The number of allylic oxidation sites excluding steroid dienone is 1. The Balaban J connectivity index is 3.07. The summed E-state index contributed by atoms with van der Waals surface area (Å²) >= 11 is 0. The predicted molar refractivity (Wildman–Crippen MR) is 41.5 cm³/mol. The first kappa shape index (κ1) is 6.93. The molecule has 1 rings (SSSR count). The van der Waals surface area contributed by atoms with Crippen LogP contribution in [0.4, 0.5) is 0 Å². The molecule has 1 aromatic rings. The molecule has 1 heterocycles. The lowest BCUT2D eigenvalue weighted by atomic mass is 10.1. The van der Waals surface area contributed by atoms with E-state index < -0.39 is 0 Å². The summed E-state index contributed by atoms with van der Waals surface area (Å²) in [6, 6.07) is 1.97. The van der Waals surface area contributed by atoms with Crippen LogP contribution in [0.1, 0.15) is 18.2 Å². The molecule has 0 saturated heterocycles. The molecule has 0 saturated carbocycles. The molecule has 52 valence electrons. The first-order valence-corrected chi connectivity index (χ1v) is 3.15. The molecule has 10 heavy (non-hydrogen) atoms. The van der Waals surface area contributed by atoms with Gasteiger partial charge in [-0.25, -0.2) is 0 Å². The molecule has 0 unspecified atom stereocenters. The molecule has 0 aliphatic heterocycles. The average Bonchev–Trinajstić information content (AvgIpc) is 1.88. The summed E-state index contributed by atoms with van der Waals surface area (Å²) < 4.78 is 0. The lowest BCUT2D eigenvalue weighted by Crippen LogP contribution is -1.87. The molecule has 0 aliphatic rings. The second-order valence-corrected chi connectivity index (χ2v) is 2.37. The van der Waals surface area contributed by atoms with Crippen molar-refractivity contribution < 1.29 is 0 Å². The Kier molecular flexibility index (Phi) is 1.81. The van der Waals surface area contributed by atoms with Gasteiger partial charge < -0.3 is 0 Å². The van der Waals surface area contributed by atoms with Gasteiger partial charge in [0.1, 0.15) is 0 Å². The Bertz CT molecular complexity index is 253. The van der Waals surface area contributed by atoms with E-state index in [-0.39, 0.29) is 0 Å². The van der Waals surface area contributed by atoms with E-state index in [4.69, 9.17) is 0 Å². The third-order valence-electron chi connectivity index (χ3n) is 1.27. The van der Waals surface area contributed by atoms with Crippen molar-refractivity contribution in [1.29, 1.82) is 0 Å². The topological polar surface area (TPSA) is 25.8 Å². The molecular formula is C8H10N2. The lowest BCUT2D eigenvalue weighted by Gasteiger charge is -1.96. The minimum Gasteiger partial charge on any atom is -0.158 e. The number of aromatic nitrogens is 2. The van der Waals surface area contributed by atoms with Crippen LogP contribution in [0.2, 0.25) is 0 Å². The summed E-state index contributed by atoms with van der Waals surface area (Å²) in [5.41, 5.74) is 3.02. The van der Waals surface area contributed by atoms with E-state index in [0.29, 0.717) is 0 Å². The Hall–Kier alpha value is -1.18.